The SMILES string of the molecule is COC(=O)c1cccc(C(=O)OCCCn2c(C)nc3ccccc32)c1. The largest absolute Gasteiger partial charge is 0.465 e. The second-order valence-corrected chi connectivity index (χ2v) is 5.86. The minimum atomic E-state index is -0.484. The molecule has 6 nitrogen and oxygen atoms in total. The van der Waals surface area contributed by atoms with E-state index in [4.69, 9.17) is 4.74 Å². The van der Waals surface area contributed by atoms with Gasteiger partial charge in [-0.25, -0.2) is 14.6 Å². The molecule has 0 spiro atoms. The molecule has 1 heterocycles. The van der Waals surface area contributed by atoms with Crippen LogP contribution in [0, 0.1) is 6.92 Å². The zero-order chi connectivity index (χ0) is 18.5. The van der Waals surface area contributed by atoms with Crippen LogP contribution in [0.15, 0.2) is 48.5 Å². The van der Waals surface area contributed by atoms with Gasteiger partial charge < -0.3 is 14.0 Å². The van der Waals surface area contributed by atoms with Crippen molar-refractivity contribution in [2.45, 2.75) is 19.9 Å². The summed E-state index contributed by atoms with van der Waals surface area (Å²) in [6.07, 6.45) is 0.670. The minimum absolute atomic E-state index is 0.285. The van der Waals surface area contributed by atoms with Crippen molar-refractivity contribution in [3.63, 3.8) is 0 Å². The molecule has 0 saturated heterocycles. The number of fused-ring (bicyclic) bond motifs is 1. The van der Waals surface area contributed by atoms with Gasteiger partial charge in [-0.05, 0) is 43.7 Å². The molecule has 0 aliphatic carbocycles. The third-order valence-electron chi connectivity index (χ3n) is 4.12. The Bertz CT molecular complexity index is 946. The Balaban J connectivity index is 1.57. The van der Waals surface area contributed by atoms with Crippen molar-refractivity contribution in [3.05, 3.63) is 65.5 Å². The number of aryl methyl sites for hydroxylation is 2. The Morgan fingerprint density at radius 2 is 1.77 bits per heavy atom. The van der Waals surface area contributed by atoms with Crippen molar-refractivity contribution in [3.8, 4) is 0 Å². The molecular formula is C20H20N2O4. The first kappa shape index (κ1) is 17.7. The Kier molecular flexibility index (Phi) is 5.31. The molecule has 3 rings (SSSR count). The van der Waals surface area contributed by atoms with Crippen molar-refractivity contribution in [1.82, 2.24) is 9.55 Å². The molecule has 0 fully saturated rings. The number of methoxy groups -OCH3 is 1. The van der Waals surface area contributed by atoms with Gasteiger partial charge in [-0.2, -0.15) is 0 Å². The smallest absolute Gasteiger partial charge is 0.338 e. The van der Waals surface area contributed by atoms with E-state index < -0.39 is 11.9 Å². The standard InChI is InChI=1S/C20H20N2O4/c1-14-21-17-9-3-4-10-18(17)22(14)11-6-12-26-20(24)16-8-5-7-15(13-16)19(23)25-2/h3-5,7-10,13H,6,11-12H2,1-2H3. The highest BCUT2D eigenvalue weighted by Crippen LogP contribution is 2.16. The fourth-order valence-electron chi connectivity index (χ4n) is 2.84. The van der Waals surface area contributed by atoms with E-state index in [0.717, 1.165) is 16.9 Å². The molecular weight excluding hydrogens is 332 g/mol. The predicted octanol–water partition coefficient (Wildman–Crippen LogP) is 3.38. The Hall–Kier alpha value is -3.15. The van der Waals surface area contributed by atoms with Gasteiger partial charge in [0.2, 0.25) is 0 Å². The molecule has 0 bridgehead atoms. The molecule has 0 amide bonds. The molecule has 0 aliphatic heterocycles. The van der Waals surface area contributed by atoms with Crippen molar-refractivity contribution in [2.75, 3.05) is 13.7 Å². The molecule has 0 saturated carbocycles. The van der Waals surface area contributed by atoms with Crippen LogP contribution in [-0.2, 0) is 16.0 Å². The van der Waals surface area contributed by atoms with Crippen LogP contribution in [-0.4, -0.2) is 35.2 Å². The maximum absolute atomic E-state index is 12.2. The zero-order valence-electron chi connectivity index (χ0n) is 14.8. The lowest BCUT2D eigenvalue weighted by atomic mass is 10.1. The van der Waals surface area contributed by atoms with Gasteiger partial charge in [0, 0.05) is 6.54 Å². The summed E-state index contributed by atoms with van der Waals surface area (Å²) in [7, 11) is 1.30. The number of carbonyl (C=O) groups excluding carboxylic acids is 2. The minimum Gasteiger partial charge on any atom is -0.465 e. The van der Waals surface area contributed by atoms with Crippen LogP contribution in [0.5, 0.6) is 0 Å². The third-order valence-corrected chi connectivity index (χ3v) is 4.12. The summed E-state index contributed by atoms with van der Waals surface area (Å²) >= 11 is 0. The molecule has 0 N–H and O–H groups in total. The number of aromatic nitrogens is 2. The fourth-order valence-corrected chi connectivity index (χ4v) is 2.84. The molecule has 2 aromatic carbocycles. The van der Waals surface area contributed by atoms with Gasteiger partial charge in [0.25, 0.3) is 0 Å². The van der Waals surface area contributed by atoms with E-state index in [1.54, 1.807) is 18.2 Å². The van der Waals surface area contributed by atoms with Crippen LogP contribution in [0.4, 0.5) is 0 Å². The molecule has 0 atom stereocenters. The summed E-state index contributed by atoms with van der Waals surface area (Å²) < 4.78 is 12.1. The molecule has 26 heavy (non-hydrogen) atoms. The molecule has 0 radical (unpaired) electrons. The summed E-state index contributed by atoms with van der Waals surface area (Å²) in [6, 6.07) is 14.3. The van der Waals surface area contributed by atoms with Crippen LogP contribution in [0.3, 0.4) is 0 Å². The number of para-hydroxylation sites is 2. The average molecular weight is 352 g/mol. The van der Waals surface area contributed by atoms with E-state index in [1.807, 2.05) is 31.2 Å². The quantitative estimate of drug-likeness (QED) is 0.502. The summed E-state index contributed by atoms with van der Waals surface area (Å²) in [5, 5.41) is 0. The van der Waals surface area contributed by atoms with Crippen molar-refractivity contribution >= 4 is 23.0 Å². The summed E-state index contributed by atoms with van der Waals surface area (Å²) in [6.45, 7) is 2.96. The first-order valence-electron chi connectivity index (χ1n) is 8.37. The number of hydrogen-bond donors (Lipinski definition) is 0. The fraction of sp³-hybridized carbons (Fsp3) is 0.250. The monoisotopic (exact) mass is 352 g/mol. The second-order valence-electron chi connectivity index (χ2n) is 5.86. The highest BCUT2D eigenvalue weighted by atomic mass is 16.5. The van der Waals surface area contributed by atoms with Gasteiger partial charge >= 0.3 is 11.9 Å². The lowest BCUT2D eigenvalue weighted by molar-refractivity contribution is 0.0496. The Morgan fingerprint density at radius 3 is 2.54 bits per heavy atom. The first-order valence-corrected chi connectivity index (χ1v) is 8.37. The van der Waals surface area contributed by atoms with Crippen molar-refractivity contribution in [2.24, 2.45) is 0 Å². The van der Waals surface area contributed by atoms with E-state index >= 15 is 0 Å². The van der Waals surface area contributed by atoms with Crippen LogP contribution >= 0.6 is 0 Å². The van der Waals surface area contributed by atoms with Crippen LogP contribution < -0.4 is 0 Å². The van der Waals surface area contributed by atoms with Gasteiger partial charge in [-0.1, -0.05) is 18.2 Å². The molecule has 3 aromatic rings. The van der Waals surface area contributed by atoms with E-state index in [0.29, 0.717) is 24.1 Å². The Labute approximate surface area is 151 Å². The third kappa shape index (κ3) is 3.74. The number of nitrogens with zero attached hydrogens (tertiary/aromatic N) is 2. The van der Waals surface area contributed by atoms with Crippen molar-refractivity contribution in [1.29, 1.82) is 0 Å². The highest BCUT2D eigenvalue weighted by Gasteiger charge is 2.12. The lowest BCUT2D eigenvalue weighted by Gasteiger charge is -2.08. The van der Waals surface area contributed by atoms with E-state index in [2.05, 4.69) is 14.3 Å². The number of esters is 2. The Morgan fingerprint density at radius 1 is 1.04 bits per heavy atom. The molecule has 6 heteroatoms. The van der Waals surface area contributed by atoms with E-state index in [9.17, 15) is 9.59 Å². The number of imidazole rings is 1. The van der Waals surface area contributed by atoms with Gasteiger partial charge in [-0.15, -0.1) is 0 Å². The number of carbonyl (C=O) groups is 2. The normalized spacial score (nSPS) is 10.7. The topological polar surface area (TPSA) is 70.4 Å². The molecule has 0 unspecified atom stereocenters. The summed E-state index contributed by atoms with van der Waals surface area (Å²) in [4.78, 5) is 28.2. The van der Waals surface area contributed by atoms with Crippen LogP contribution in [0.2, 0.25) is 0 Å². The molecule has 134 valence electrons. The molecule has 1 aromatic heterocycles. The summed E-state index contributed by atoms with van der Waals surface area (Å²) in [5.74, 6) is -0.00613. The van der Waals surface area contributed by atoms with Gasteiger partial charge in [0.15, 0.2) is 0 Å². The van der Waals surface area contributed by atoms with Crippen LogP contribution in [0.1, 0.15) is 33.0 Å². The van der Waals surface area contributed by atoms with E-state index in [-0.39, 0.29) is 6.61 Å². The number of ether oxygens (including phenoxy) is 2. The number of benzene rings is 2. The average Bonchev–Trinajstić information content (AvgIpc) is 2.99. The predicted molar refractivity (Wildman–Crippen MR) is 97.2 cm³/mol. The number of rotatable bonds is 6. The van der Waals surface area contributed by atoms with E-state index in [1.165, 1.54) is 13.2 Å². The van der Waals surface area contributed by atoms with Crippen molar-refractivity contribution < 1.29 is 19.1 Å². The number of hydrogen-bond acceptors (Lipinski definition) is 5. The van der Waals surface area contributed by atoms with Gasteiger partial charge in [0.05, 0.1) is 35.9 Å². The van der Waals surface area contributed by atoms with Crippen LogP contribution in [0.25, 0.3) is 11.0 Å². The lowest BCUT2D eigenvalue weighted by Crippen LogP contribution is -2.10. The first-order chi connectivity index (χ1) is 12.6. The molecule has 0 aliphatic rings. The zero-order valence-corrected chi connectivity index (χ0v) is 14.8. The van der Waals surface area contributed by atoms with Gasteiger partial charge in [-0.3, -0.25) is 0 Å². The maximum atomic E-state index is 12.2. The highest BCUT2D eigenvalue weighted by molar-refractivity contribution is 5.95. The van der Waals surface area contributed by atoms with Gasteiger partial charge in [0.1, 0.15) is 5.82 Å². The summed E-state index contributed by atoms with van der Waals surface area (Å²) in [5.41, 5.74) is 2.68. The second kappa shape index (κ2) is 7.82. The maximum Gasteiger partial charge on any atom is 0.338 e.